The molecular weight excluding hydrogens is 276 g/mol. The lowest BCUT2D eigenvalue weighted by Gasteiger charge is -2.16. The van der Waals surface area contributed by atoms with Crippen molar-refractivity contribution in [1.29, 1.82) is 0 Å². The summed E-state index contributed by atoms with van der Waals surface area (Å²) in [4.78, 5) is 12.0. The molecule has 1 heterocycles. The summed E-state index contributed by atoms with van der Waals surface area (Å²) in [7, 11) is 0. The van der Waals surface area contributed by atoms with Gasteiger partial charge in [0.2, 0.25) is 0 Å². The van der Waals surface area contributed by atoms with E-state index < -0.39 is 0 Å². The van der Waals surface area contributed by atoms with E-state index in [2.05, 4.69) is 6.92 Å². The molecule has 2 aromatic carbocycles. The first-order valence-corrected chi connectivity index (χ1v) is 7.34. The third kappa shape index (κ3) is 2.55. The van der Waals surface area contributed by atoms with Crippen LogP contribution in [0.3, 0.4) is 0 Å². The molecule has 1 aromatic heterocycles. The number of nitrogens with zero attached hydrogens (tertiary/aromatic N) is 1. The van der Waals surface area contributed by atoms with Gasteiger partial charge in [0, 0.05) is 23.3 Å². The summed E-state index contributed by atoms with van der Waals surface area (Å²) in [6.07, 6.45) is 2.69. The molecule has 112 valence electrons. The first-order chi connectivity index (χ1) is 10.7. The van der Waals surface area contributed by atoms with Gasteiger partial charge in [-0.2, -0.15) is 0 Å². The number of anilines is 1. The van der Waals surface area contributed by atoms with Crippen LogP contribution < -0.4 is 15.9 Å². The Kier molecular flexibility index (Phi) is 3.83. The molecule has 0 aliphatic carbocycles. The fourth-order valence-electron chi connectivity index (χ4n) is 2.47. The summed E-state index contributed by atoms with van der Waals surface area (Å²) in [5.41, 5.74) is 8.27. The van der Waals surface area contributed by atoms with Crippen molar-refractivity contribution in [2.75, 3.05) is 12.3 Å². The van der Waals surface area contributed by atoms with Crippen molar-refractivity contribution in [1.82, 2.24) is 4.57 Å². The standard InChI is InChI=1S/C18H18N2O2/c1-2-11-22-18-8-7-13(19)12-16(18)20-10-9-17(21)14-5-3-4-6-15(14)20/h3-10,12H,2,11,19H2,1H3. The van der Waals surface area contributed by atoms with Crippen LogP contribution in [0.5, 0.6) is 5.75 Å². The molecule has 3 rings (SSSR count). The summed E-state index contributed by atoms with van der Waals surface area (Å²) < 4.78 is 7.76. The number of aromatic nitrogens is 1. The molecule has 2 N–H and O–H groups in total. The lowest BCUT2D eigenvalue weighted by molar-refractivity contribution is 0.316. The first-order valence-electron chi connectivity index (χ1n) is 7.34. The molecule has 0 radical (unpaired) electrons. The predicted octanol–water partition coefficient (Wildman–Crippen LogP) is 3.36. The molecule has 0 spiro atoms. The maximum absolute atomic E-state index is 12.0. The van der Waals surface area contributed by atoms with Crippen LogP contribution in [0.15, 0.2) is 59.5 Å². The highest BCUT2D eigenvalue weighted by molar-refractivity contribution is 5.81. The summed E-state index contributed by atoms with van der Waals surface area (Å²) in [6.45, 7) is 2.70. The van der Waals surface area contributed by atoms with E-state index in [1.165, 1.54) is 0 Å². The van der Waals surface area contributed by atoms with Gasteiger partial charge in [-0.15, -0.1) is 0 Å². The van der Waals surface area contributed by atoms with Gasteiger partial charge < -0.3 is 15.0 Å². The number of hydrogen-bond donors (Lipinski definition) is 1. The van der Waals surface area contributed by atoms with Crippen LogP contribution in [0.25, 0.3) is 16.6 Å². The van der Waals surface area contributed by atoms with Crippen LogP contribution in [-0.4, -0.2) is 11.2 Å². The number of pyridine rings is 1. The first kappa shape index (κ1) is 14.2. The van der Waals surface area contributed by atoms with Crippen LogP contribution in [0.2, 0.25) is 0 Å². The number of benzene rings is 2. The quantitative estimate of drug-likeness (QED) is 0.751. The number of nitrogens with two attached hydrogens (primary N) is 1. The van der Waals surface area contributed by atoms with E-state index in [4.69, 9.17) is 10.5 Å². The van der Waals surface area contributed by atoms with Crippen molar-refractivity contribution in [3.8, 4) is 11.4 Å². The van der Waals surface area contributed by atoms with E-state index in [1.807, 2.05) is 47.0 Å². The maximum Gasteiger partial charge on any atom is 0.189 e. The molecule has 0 aliphatic heterocycles. The molecule has 0 aliphatic rings. The second-order valence-corrected chi connectivity index (χ2v) is 5.14. The van der Waals surface area contributed by atoms with Crippen LogP contribution in [0, 0.1) is 0 Å². The van der Waals surface area contributed by atoms with Gasteiger partial charge in [-0.05, 0) is 36.8 Å². The van der Waals surface area contributed by atoms with E-state index in [0.29, 0.717) is 17.7 Å². The van der Waals surface area contributed by atoms with E-state index in [9.17, 15) is 4.79 Å². The Morgan fingerprint density at radius 2 is 1.95 bits per heavy atom. The van der Waals surface area contributed by atoms with Gasteiger partial charge in [0.05, 0.1) is 17.8 Å². The number of ether oxygens (including phenoxy) is 1. The fourth-order valence-corrected chi connectivity index (χ4v) is 2.47. The van der Waals surface area contributed by atoms with Crippen LogP contribution in [0.1, 0.15) is 13.3 Å². The topological polar surface area (TPSA) is 57.2 Å². The molecule has 0 bridgehead atoms. The minimum Gasteiger partial charge on any atom is -0.491 e. The normalized spacial score (nSPS) is 10.8. The van der Waals surface area contributed by atoms with Gasteiger partial charge >= 0.3 is 0 Å². The number of hydrogen-bond acceptors (Lipinski definition) is 3. The molecular formula is C18H18N2O2. The van der Waals surface area contributed by atoms with Gasteiger partial charge in [0.1, 0.15) is 5.75 Å². The van der Waals surface area contributed by atoms with Crippen molar-refractivity contribution in [2.45, 2.75) is 13.3 Å². The molecule has 0 saturated carbocycles. The Hall–Kier alpha value is -2.75. The Bertz CT molecular complexity index is 868. The molecule has 3 aromatic rings. The van der Waals surface area contributed by atoms with E-state index in [0.717, 1.165) is 23.4 Å². The highest BCUT2D eigenvalue weighted by Crippen LogP contribution is 2.28. The molecule has 0 saturated heterocycles. The van der Waals surface area contributed by atoms with Crippen molar-refractivity contribution in [3.63, 3.8) is 0 Å². The lowest BCUT2D eigenvalue weighted by Crippen LogP contribution is -2.08. The van der Waals surface area contributed by atoms with E-state index in [-0.39, 0.29) is 5.43 Å². The third-order valence-corrected chi connectivity index (χ3v) is 3.51. The molecule has 4 heteroatoms. The monoisotopic (exact) mass is 294 g/mol. The average molecular weight is 294 g/mol. The summed E-state index contributed by atoms with van der Waals surface area (Å²) in [5.74, 6) is 0.754. The zero-order valence-electron chi connectivity index (χ0n) is 12.5. The number of rotatable bonds is 4. The van der Waals surface area contributed by atoms with Gasteiger partial charge in [-0.3, -0.25) is 4.79 Å². The predicted molar refractivity (Wildman–Crippen MR) is 89.7 cm³/mol. The maximum atomic E-state index is 12.0. The molecule has 4 nitrogen and oxygen atoms in total. The molecule has 0 fully saturated rings. The molecule has 0 unspecified atom stereocenters. The van der Waals surface area contributed by atoms with Gasteiger partial charge in [-0.1, -0.05) is 19.1 Å². The van der Waals surface area contributed by atoms with Crippen molar-refractivity contribution in [3.05, 3.63) is 65.0 Å². The number of para-hydroxylation sites is 1. The number of nitrogen functional groups attached to an aromatic ring is 1. The van der Waals surface area contributed by atoms with E-state index in [1.54, 1.807) is 12.3 Å². The second kappa shape index (κ2) is 5.93. The van der Waals surface area contributed by atoms with Crippen LogP contribution in [-0.2, 0) is 0 Å². The SMILES string of the molecule is CCCOc1ccc(N)cc1-n1ccc(=O)c2ccccc21. The summed E-state index contributed by atoms with van der Waals surface area (Å²) in [6, 6.07) is 14.6. The van der Waals surface area contributed by atoms with Crippen molar-refractivity contribution >= 4 is 16.6 Å². The highest BCUT2D eigenvalue weighted by atomic mass is 16.5. The Labute approximate surface area is 128 Å². The van der Waals surface area contributed by atoms with Crippen molar-refractivity contribution < 1.29 is 4.74 Å². The van der Waals surface area contributed by atoms with Crippen molar-refractivity contribution in [2.24, 2.45) is 0 Å². The van der Waals surface area contributed by atoms with Gasteiger partial charge in [0.15, 0.2) is 5.43 Å². The second-order valence-electron chi connectivity index (χ2n) is 5.14. The van der Waals surface area contributed by atoms with Gasteiger partial charge in [0.25, 0.3) is 0 Å². The highest BCUT2D eigenvalue weighted by Gasteiger charge is 2.10. The molecule has 0 amide bonds. The van der Waals surface area contributed by atoms with Gasteiger partial charge in [-0.25, -0.2) is 0 Å². The fraction of sp³-hybridized carbons (Fsp3) is 0.167. The molecule has 0 atom stereocenters. The Morgan fingerprint density at radius 1 is 1.14 bits per heavy atom. The largest absolute Gasteiger partial charge is 0.491 e. The summed E-state index contributed by atoms with van der Waals surface area (Å²) in [5, 5.41) is 0.675. The minimum absolute atomic E-state index is 0.00628. The third-order valence-electron chi connectivity index (χ3n) is 3.51. The minimum atomic E-state index is 0.00628. The van der Waals surface area contributed by atoms with E-state index >= 15 is 0 Å². The van der Waals surface area contributed by atoms with Crippen LogP contribution >= 0.6 is 0 Å². The van der Waals surface area contributed by atoms with Crippen LogP contribution in [0.4, 0.5) is 5.69 Å². The zero-order valence-corrected chi connectivity index (χ0v) is 12.5. The molecule has 22 heavy (non-hydrogen) atoms. The Balaban J connectivity index is 2.25. The average Bonchev–Trinajstić information content (AvgIpc) is 2.54. The summed E-state index contributed by atoms with van der Waals surface area (Å²) >= 11 is 0. The number of fused-ring (bicyclic) bond motifs is 1. The Morgan fingerprint density at radius 3 is 2.77 bits per heavy atom. The lowest BCUT2D eigenvalue weighted by atomic mass is 10.2. The smallest absolute Gasteiger partial charge is 0.189 e. The zero-order chi connectivity index (χ0) is 15.5.